The lowest BCUT2D eigenvalue weighted by Gasteiger charge is -2.18. The molecule has 0 unspecified atom stereocenters. The molecule has 0 fully saturated rings. The third-order valence-electron chi connectivity index (χ3n) is 2.50. The summed E-state index contributed by atoms with van der Waals surface area (Å²) < 4.78 is 15.6. The molecule has 6 nitrogen and oxygen atoms in total. The molecule has 0 aromatic heterocycles. The monoisotopic (exact) mass is 278 g/mol. The summed E-state index contributed by atoms with van der Waals surface area (Å²) in [6.07, 6.45) is -0.586. The first-order valence-electron chi connectivity index (χ1n) is 6.28. The van der Waals surface area contributed by atoms with Gasteiger partial charge in [-0.2, -0.15) is 5.10 Å². The number of hydrogen-bond acceptors (Lipinski definition) is 5. The largest absolute Gasteiger partial charge is 0.454 e. The number of benzene rings is 1. The van der Waals surface area contributed by atoms with Crippen LogP contribution in [0.4, 0.5) is 4.79 Å². The summed E-state index contributed by atoms with van der Waals surface area (Å²) in [6.45, 7) is 7.39. The van der Waals surface area contributed by atoms with E-state index >= 15 is 0 Å². The molecule has 0 saturated heterocycles. The van der Waals surface area contributed by atoms with Crippen LogP contribution in [0.3, 0.4) is 0 Å². The van der Waals surface area contributed by atoms with Crippen LogP contribution in [0.15, 0.2) is 23.3 Å². The van der Waals surface area contributed by atoms with Crippen molar-refractivity contribution in [2.75, 3.05) is 6.79 Å². The second kappa shape index (κ2) is 5.40. The Kier molecular flexibility index (Phi) is 3.83. The molecule has 1 N–H and O–H groups in total. The van der Waals surface area contributed by atoms with Gasteiger partial charge in [-0.3, -0.25) is 0 Å². The number of rotatable bonds is 2. The first kappa shape index (κ1) is 14.2. The highest BCUT2D eigenvalue weighted by molar-refractivity contribution is 5.99. The van der Waals surface area contributed by atoms with Crippen LogP contribution in [0.1, 0.15) is 33.3 Å². The summed E-state index contributed by atoms with van der Waals surface area (Å²) in [7, 11) is 0. The number of carbonyl (C=O) groups is 1. The maximum atomic E-state index is 11.5. The molecular weight excluding hydrogens is 260 g/mol. The van der Waals surface area contributed by atoms with Gasteiger partial charge in [0.15, 0.2) is 11.5 Å². The second-order valence-electron chi connectivity index (χ2n) is 5.38. The van der Waals surface area contributed by atoms with Crippen molar-refractivity contribution < 1.29 is 19.0 Å². The van der Waals surface area contributed by atoms with Gasteiger partial charge >= 0.3 is 6.09 Å². The van der Waals surface area contributed by atoms with E-state index in [1.807, 2.05) is 18.2 Å². The van der Waals surface area contributed by atoms with Gasteiger partial charge < -0.3 is 14.2 Å². The quantitative estimate of drug-likeness (QED) is 0.667. The van der Waals surface area contributed by atoms with Crippen molar-refractivity contribution in [1.82, 2.24) is 5.43 Å². The van der Waals surface area contributed by atoms with Gasteiger partial charge in [0.2, 0.25) is 6.79 Å². The minimum absolute atomic E-state index is 0.227. The third kappa shape index (κ3) is 3.63. The van der Waals surface area contributed by atoms with Gasteiger partial charge in [0.1, 0.15) is 5.60 Å². The average molecular weight is 278 g/mol. The van der Waals surface area contributed by atoms with Crippen molar-refractivity contribution in [1.29, 1.82) is 0 Å². The van der Waals surface area contributed by atoms with Crippen LogP contribution < -0.4 is 14.9 Å². The molecule has 0 spiro atoms. The maximum absolute atomic E-state index is 11.5. The average Bonchev–Trinajstić information content (AvgIpc) is 2.80. The Morgan fingerprint density at radius 1 is 1.30 bits per heavy atom. The van der Waals surface area contributed by atoms with E-state index in [9.17, 15) is 4.79 Å². The fourth-order valence-electron chi connectivity index (χ4n) is 1.62. The number of nitrogens with zero attached hydrogens (tertiary/aromatic N) is 1. The van der Waals surface area contributed by atoms with Gasteiger partial charge in [-0.15, -0.1) is 0 Å². The lowest BCUT2D eigenvalue weighted by Crippen LogP contribution is -2.30. The molecule has 1 heterocycles. The lowest BCUT2D eigenvalue weighted by atomic mass is 10.1. The standard InChI is InChI=1S/C14H18N2O4/c1-9(15-16-13(17)20-14(2,3)4)10-5-6-11-12(7-10)19-8-18-11/h5-7H,8H2,1-4H3,(H,16,17)/b15-9+. The van der Waals surface area contributed by atoms with Crippen LogP contribution in [-0.4, -0.2) is 24.2 Å². The Hall–Kier alpha value is -2.24. The second-order valence-corrected chi connectivity index (χ2v) is 5.38. The lowest BCUT2D eigenvalue weighted by molar-refractivity contribution is 0.0529. The van der Waals surface area contributed by atoms with Crippen LogP contribution in [0.25, 0.3) is 0 Å². The van der Waals surface area contributed by atoms with Crippen molar-refractivity contribution >= 4 is 11.8 Å². The van der Waals surface area contributed by atoms with E-state index in [-0.39, 0.29) is 6.79 Å². The molecule has 0 aliphatic carbocycles. The molecule has 1 amide bonds. The Balaban J connectivity index is 2.02. The van der Waals surface area contributed by atoms with Crippen LogP contribution in [0.2, 0.25) is 0 Å². The normalized spacial score (nSPS) is 14.1. The minimum Gasteiger partial charge on any atom is -0.454 e. The topological polar surface area (TPSA) is 69.2 Å². The third-order valence-corrected chi connectivity index (χ3v) is 2.50. The van der Waals surface area contributed by atoms with E-state index in [1.165, 1.54) is 0 Å². The molecule has 1 aromatic carbocycles. The zero-order chi connectivity index (χ0) is 14.8. The number of ether oxygens (including phenoxy) is 3. The summed E-state index contributed by atoms with van der Waals surface area (Å²) in [5, 5.41) is 4.00. The van der Waals surface area contributed by atoms with Gasteiger partial charge in [-0.25, -0.2) is 10.2 Å². The molecule has 1 aliphatic heterocycles. The molecule has 20 heavy (non-hydrogen) atoms. The van der Waals surface area contributed by atoms with Gasteiger partial charge in [0.05, 0.1) is 5.71 Å². The van der Waals surface area contributed by atoms with E-state index in [1.54, 1.807) is 27.7 Å². The zero-order valence-corrected chi connectivity index (χ0v) is 12.0. The predicted octanol–water partition coefficient (Wildman–Crippen LogP) is 2.66. The Labute approximate surface area is 117 Å². The number of nitrogens with one attached hydrogen (secondary N) is 1. The SMILES string of the molecule is C/C(=N\NC(=O)OC(C)(C)C)c1ccc2c(c1)OCO2. The van der Waals surface area contributed by atoms with E-state index in [4.69, 9.17) is 14.2 Å². The number of fused-ring (bicyclic) bond motifs is 1. The molecular formula is C14H18N2O4. The van der Waals surface area contributed by atoms with Crippen molar-refractivity contribution in [2.45, 2.75) is 33.3 Å². The Bertz CT molecular complexity index is 547. The summed E-state index contributed by atoms with van der Waals surface area (Å²) >= 11 is 0. The van der Waals surface area contributed by atoms with Gasteiger partial charge in [0, 0.05) is 5.56 Å². The van der Waals surface area contributed by atoms with Crippen LogP contribution in [0.5, 0.6) is 11.5 Å². The molecule has 1 aromatic rings. The zero-order valence-electron chi connectivity index (χ0n) is 12.0. The smallest absolute Gasteiger partial charge is 0.428 e. The van der Waals surface area contributed by atoms with Crippen LogP contribution in [-0.2, 0) is 4.74 Å². The van der Waals surface area contributed by atoms with Crippen molar-refractivity contribution in [3.05, 3.63) is 23.8 Å². The molecule has 0 bridgehead atoms. The minimum atomic E-state index is -0.586. The highest BCUT2D eigenvalue weighted by Crippen LogP contribution is 2.32. The summed E-state index contributed by atoms with van der Waals surface area (Å²) in [5.41, 5.74) is 3.30. The van der Waals surface area contributed by atoms with Crippen LogP contribution in [0, 0.1) is 0 Å². The van der Waals surface area contributed by atoms with E-state index in [0.717, 1.165) is 5.56 Å². The maximum Gasteiger partial charge on any atom is 0.428 e. The van der Waals surface area contributed by atoms with Crippen molar-refractivity contribution in [2.24, 2.45) is 5.10 Å². The van der Waals surface area contributed by atoms with E-state index < -0.39 is 11.7 Å². The Morgan fingerprint density at radius 3 is 2.70 bits per heavy atom. The predicted molar refractivity (Wildman–Crippen MR) is 74.1 cm³/mol. The van der Waals surface area contributed by atoms with Crippen molar-refractivity contribution in [3.63, 3.8) is 0 Å². The molecule has 0 radical (unpaired) electrons. The molecule has 108 valence electrons. The highest BCUT2D eigenvalue weighted by atomic mass is 16.7. The fourth-order valence-corrected chi connectivity index (χ4v) is 1.62. The van der Waals surface area contributed by atoms with E-state index in [2.05, 4.69) is 10.5 Å². The summed E-state index contributed by atoms with van der Waals surface area (Å²) in [4.78, 5) is 11.5. The first-order chi connectivity index (χ1) is 9.35. The Morgan fingerprint density at radius 2 is 2.00 bits per heavy atom. The number of amides is 1. The van der Waals surface area contributed by atoms with Crippen LogP contribution >= 0.6 is 0 Å². The van der Waals surface area contributed by atoms with E-state index in [0.29, 0.717) is 17.2 Å². The summed E-state index contributed by atoms with van der Waals surface area (Å²) in [5.74, 6) is 1.39. The van der Waals surface area contributed by atoms with Gasteiger partial charge in [-0.1, -0.05) is 0 Å². The molecule has 0 atom stereocenters. The molecule has 6 heteroatoms. The number of hydrazone groups is 1. The first-order valence-corrected chi connectivity index (χ1v) is 6.28. The number of hydrogen-bond donors (Lipinski definition) is 1. The van der Waals surface area contributed by atoms with Crippen molar-refractivity contribution in [3.8, 4) is 11.5 Å². The summed E-state index contributed by atoms with van der Waals surface area (Å²) in [6, 6.07) is 5.48. The number of carbonyl (C=O) groups excluding carboxylic acids is 1. The fraction of sp³-hybridized carbons (Fsp3) is 0.429. The molecule has 0 saturated carbocycles. The molecule has 2 rings (SSSR count). The van der Waals surface area contributed by atoms with Gasteiger partial charge in [-0.05, 0) is 45.9 Å². The highest BCUT2D eigenvalue weighted by Gasteiger charge is 2.16. The molecule has 1 aliphatic rings. The van der Waals surface area contributed by atoms with Gasteiger partial charge in [0.25, 0.3) is 0 Å².